The Morgan fingerprint density at radius 1 is 1.11 bits per heavy atom. The number of Topliss-reactive ketones (excluding diaryl/α,β-unsaturated/α-hetero) is 1. The second-order valence-electron chi connectivity index (χ2n) is 4.91. The lowest BCUT2D eigenvalue weighted by atomic mass is 10.0. The van der Waals surface area contributed by atoms with Gasteiger partial charge in [-0.15, -0.1) is 0 Å². The van der Waals surface area contributed by atoms with Crippen molar-refractivity contribution in [1.29, 1.82) is 0 Å². The largest absolute Gasteiger partial charge is 0.373 e. The summed E-state index contributed by atoms with van der Waals surface area (Å²) in [6, 6.07) is 10.0. The molecule has 1 aromatic carbocycles. The first kappa shape index (κ1) is 15.9. The van der Waals surface area contributed by atoms with Crippen molar-refractivity contribution < 1.29 is 9.53 Å². The summed E-state index contributed by atoms with van der Waals surface area (Å²) < 4.78 is 5.71. The van der Waals surface area contributed by atoms with Gasteiger partial charge in [0.05, 0.1) is 6.10 Å². The molecule has 1 aromatic rings. The van der Waals surface area contributed by atoms with Crippen LogP contribution in [0, 0.1) is 0 Å². The smallest absolute Gasteiger partial charge is 0.135 e. The van der Waals surface area contributed by atoms with E-state index in [4.69, 9.17) is 4.74 Å². The minimum atomic E-state index is -0.0788. The van der Waals surface area contributed by atoms with Crippen molar-refractivity contribution in [3.63, 3.8) is 0 Å². The minimum absolute atomic E-state index is 0.0788. The molecule has 0 amide bonds. The molecule has 2 nitrogen and oxygen atoms in total. The van der Waals surface area contributed by atoms with Crippen LogP contribution in [0.4, 0.5) is 0 Å². The first-order valence-corrected chi connectivity index (χ1v) is 7.46. The molecule has 0 radical (unpaired) electrons. The number of hydrogen-bond acceptors (Lipinski definition) is 2. The molecule has 0 saturated heterocycles. The fraction of sp³-hybridized carbons (Fsp3) is 0.588. The van der Waals surface area contributed by atoms with Gasteiger partial charge in [0.1, 0.15) is 5.78 Å². The fourth-order valence-corrected chi connectivity index (χ4v) is 2.20. The summed E-state index contributed by atoms with van der Waals surface area (Å²) in [5, 5.41) is 0. The van der Waals surface area contributed by atoms with E-state index >= 15 is 0 Å². The summed E-state index contributed by atoms with van der Waals surface area (Å²) in [6.45, 7) is 4.80. The molecular formula is C17H26O2. The monoisotopic (exact) mass is 262 g/mol. The van der Waals surface area contributed by atoms with E-state index in [9.17, 15) is 4.79 Å². The number of ether oxygens (including phenoxy) is 1. The van der Waals surface area contributed by atoms with Crippen LogP contribution in [0.2, 0.25) is 0 Å². The molecule has 1 atom stereocenters. The van der Waals surface area contributed by atoms with Gasteiger partial charge in [0.25, 0.3) is 0 Å². The van der Waals surface area contributed by atoms with E-state index in [0.29, 0.717) is 25.2 Å². The molecule has 0 bridgehead atoms. The van der Waals surface area contributed by atoms with E-state index in [2.05, 4.69) is 6.92 Å². The van der Waals surface area contributed by atoms with E-state index in [0.717, 1.165) is 18.4 Å². The van der Waals surface area contributed by atoms with Crippen molar-refractivity contribution in [1.82, 2.24) is 0 Å². The summed E-state index contributed by atoms with van der Waals surface area (Å²) in [6.07, 6.45) is 5.72. The molecule has 0 fully saturated rings. The lowest BCUT2D eigenvalue weighted by molar-refractivity contribution is -0.122. The topological polar surface area (TPSA) is 26.3 Å². The normalized spacial score (nSPS) is 12.3. The summed E-state index contributed by atoms with van der Waals surface area (Å²) in [7, 11) is 0. The molecule has 0 aliphatic heterocycles. The Kier molecular flexibility index (Phi) is 8.15. The average Bonchev–Trinajstić information content (AvgIpc) is 2.44. The van der Waals surface area contributed by atoms with Crippen LogP contribution in [0.25, 0.3) is 0 Å². The second kappa shape index (κ2) is 9.74. The molecule has 1 rings (SSSR count). The minimum Gasteiger partial charge on any atom is -0.373 e. The van der Waals surface area contributed by atoms with Gasteiger partial charge in [-0.25, -0.2) is 0 Å². The predicted octanol–water partition coefficient (Wildman–Crippen LogP) is 4.69. The fourth-order valence-electron chi connectivity index (χ4n) is 2.20. The maximum atomic E-state index is 12.0. The van der Waals surface area contributed by atoms with Gasteiger partial charge in [-0.2, -0.15) is 0 Å². The highest BCUT2D eigenvalue weighted by molar-refractivity contribution is 5.79. The zero-order valence-electron chi connectivity index (χ0n) is 12.2. The highest BCUT2D eigenvalue weighted by atomic mass is 16.5. The lowest BCUT2D eigenvalue weighted by Crippen LogP contribution is -2.10. The van der Waals surface area contributed by atoms with Gasteiger partial charge >= 0.3 is 0 Å². The Hall–Kier alpha value is -1.15. The number of rotatable bonds is 10. The van der Waals surface area contributed by atoms with Gasteiger partial charge in [-0.3, -0.25) is 4.79 Å². The molecule has 0 aromatic heterocycles. The van der Waals surface area contributed by atoms with Gasteiger partial charge in [-0.1, -0.05) is 56.5 Å². The van der Waals surface area contributed by atoms with Gasteiger partial charge in [0, 0.05) is 19.4 Å². The quantitative estimate of drug-likeness (QED) is 0.572. The molecule has 0 N–H and O–H groups in total. The number of carbonyl (C=O) groups excluding carboxylic acids is 1. The third kappa shape index (κ3) is 6.53. The Balaban J connectivity index is 2.43. The number of benzene rings is 1. The van der Waals surface area contributed by atoms with Crippen LogP contribution < -0.4 is 0 Å². The lowest BCUT2D eigenvalue weighted by Gasteiger charge is -2.16. The van der Waals surface area contributed by atoms with Crippen molar-refractivity contribution in [3.8, 4) is 0 Å². The molecule has 0 spiro atoms. The van der Waals surface area contributed by atoms with Crippen molar-refractivity contribution >= 4 is 5.78 Å². The van der Waals surface area contributed by atoms with Crippen molar-refractivity contribution in [3.05, 3.63) is 35.9 Å². The molecular weight excluding hydrogens is 236 g/mol. The maximum Gasteiger partial charge on any atom is 0.135 e. The third-order valence-electron chi connectivity index (χ3n) is 3.26. The number of carbonyl (C=O) groups is 1. The van der Waals surface area contributed by atoms with Crippen LogP contribution in [-0.2, 0) is 9.53 Å². The first-order chi connectivity index (χ1) is 9.27. The summed E-state index contributed by atoms with van der Waals surface area (Å²) in [5.74, 6) is 0.318. The number of hydrogen-bond donors (Lipinski definition) is 0. The van der Waals surface area contributed by atoms with E-state index in [1.807, 2.05) is 37.3 Å². The van der Waals surface area contributed by atoms with E-state index < -0.39 is 0 Å². The van der Waals surface area contributed by atoms with Gasteiger partial charge < -0.3 is 4.74 Å². The molecule has 106 valence electrons. The molecule has 0 aliphatic carbocycles. The van der Waals surface area contributed by atoms with Crippen LogP contribution in [0.1, 0.15) is 64.0 Å². The second-order valence-corrected chi connectivity index (χ2v) is 4.91. The summed E-state index contributed by atoms with van der Waals surface area (Å²) in [5.41, 5.74) is 1.10. The Labute approximate surface area is 117 Å². The molecule has 2 heteroatoms. The molecule has 0 aliphatic rings. The Morgan fingerprint density at radius 3 is 2.47 bits per heavy atom. The number of ketones is 1. The Morgan fingerprint density at radius 2 is 1.84 bits per heavy atom. The third-order valence-corrected chi connectivity index (χ3v) is 3.26. The van der Waals surface area contributed by atoms with Crippen LogP contribution in [0.5, 0.6) is 0 Å². The zero-order valence-corrected chi connectivity index (χ0v) is 12.2. The highest BCUT2D eigenvalue weighted by Crippen LogP contribution is 2.22. The molecule has 1 unspecified atom stereocenters. The predicted molar refractivity (Wildman–Crippen MR) is 79.2 cm³/mol. The Bertz CT molecular complexity index is 346. The van der Waals surface area contributed by atoms with E-state index in [-0.39, 0.29) is 6.10 Å². The number of unbranched alkanes of at least 4 members (excludes halogenated alkanes) is 3. The van der Waals surface area contributed by atoms with Gasteiger partial charge in [0.15, 0.2) is 0 Å². The van der Waals surface area contributed by atoms with E-state index in [1.165, 1.54) is 12.8 Å². The van der Waals surface area contributed by atoms with Crippen molar-refractivity contribution in [2.45, 2.75) is 58.5 Å². The molecule has 0 saturated carbocycles. The summed E-state index contributed by atoms with van der Waals surface area (Å²) >= 11 is 0. The van der Waals surface area contributed by atoms with E-state index in [1.54, 1.807) is 0 Å². The van der Waals surface area contributed by atoms with Crippen molar-refractivity contribution in [2.24, 2.45) is 0 Å². The van der Waals surface area contributed by atoms with Crippen molar-refractivity contribution in [2.75, 3.05) is 6.61 Å². The standard InChI is InChI=1S/C17H26O2/c1-3-5-6-10-13-16(18)14-17(19-4-2)15-11-8-7-9-12-15/h7-9,11-12,17H,3-6,10,13-14H2,1-2H3. The highest BCUT2D eigenvalue weighted by Gasteiger charge is 2.15. The maximum absolute atomic E-state index is 12.0. The van der Waals surface area contributed by atoms with Gasteiger partial charge in [-0.05, 0) is 18.9 Å². The zero-order chi connectivity index (χ0) is 13.9. The molecule has 0 heterocycles. The van der Waals surface area contributed by atoms with Crippen LogP contribution >= 0.6 is 0 Å². The SMILES string of the molecule is CCCCCCC(=O)CC(OCC)c1ccccc1. The van der Waals surface area contributed by atoms with Gasteiger partial charge in [0.2, 0.25) is 0 Å². The first-order valence-electron chi connectivity index (χ1n) is 7.46. The summed E-state index contributed by atoms with van der Waals surface area (Å²) in [4.78, 5) is 12.0. The average molecular weight is 262 g/mol. The van der Waals surface area contributed by atoms with Crippen LogP contribution in [0.15, 0.2) is 30.3 Å². The van der Waals surface area contributed by atoms with Crippen LogP contribution in [-0.4, -0.2) is 12.4 Å². The van der Waals surface area contributed by atoms with Crippen LogP contribution in [0.3, 0.4) is 0 Å². The molecule has 19 heavy (non-hydrogen) atoms.